The van der Waals surface area contributed by atoms with Gasteiger partial charge >= 0.3 is 11.9 Å². The van der Waals surface area contributed by atoms with Crippen molar-refractivity contribution in [3.05, 3.63) is 24.0 Å². The maximum absolute atomic E-state index is 10.9. The van der Waals surface area contributed by atoms with E-state index in [-0.39, 0.29) is 25.1 Å². The van der Waals surface area contributed by atoms with Crippen molar-refractivity contribution in [2.45, 2.75) is 25.4 Å². The number of pyridine rings is 1. The van der Waals surface area contributed by atoms with Gasteiger partial charge in [0, 0.05) is 19.2 Å². The second kappa shape index (κ2) is 6.55. The summed E-state index contributed by atoms with van der Waals surface area (Å²) in [7, 11) is 0. The molecule has 0 aliphatic rings. The predicted octanol–water partition coefficient (Wildman–Crippen LogP) is 0.195. The molecule has 1 heterocycles. The molecule has 1 atom stereocenters. The molecule has 0 unspecified atom stereocenters. The summed E-state index contributed by atoms with van der Waals surface area (Å²) >= 11 is 0. The van der Waals surface area contributed by atoms with Gasteiger partial charge in [-0.15, -0.1) is 0 Å². The fourth-order valence-electron chi connectivity index (χ4n) is 1.39. The molecular weight excluding hydrogens is 240 g/mol. The molecule has 0 saturated carbocycles. The largest absolute Gasteiger partial charge is 0.506 e. The lowest BCUT2D eigenvalue weighted by molar-refractivity contribution is -0.140. The van der Waals surface area contributed by atoms with E-state index in [1.165, 1.54) is 18.5 Å². The molecule has 1 aromatic heterocycles. The van der Waals surface area contributed by atoms with Crippen LogP contribution in [-0.2, 0) is 16.1 Å². The Balaban J connectivity index is 2.51. The van der Waals surface area contributed by atoms with Gasteiger partial charge in [-0.05, 0) is 18.1 Å². The molecule has 0 saturated heterocycles. The maximum Gasteiger partial charge on any atom is 0.320 e. The van der Waals surface area contributed by atoms with Gasteiger partial charge in [0.25, 0.3) is 0 Å². The first-order valence-corrected chi connectivity index (χ1v) is 5.30. The summed E-state index contributed by atoms with van der Waals surface area (Å²) in [5.41, 5.74) is 0.622. The summed E-state index contributed by atoms with van der Waals surface area (Å²) in [6, 6.07) is 0.513. The van der Waals surface area contributed by atoms with Crippen molar-refractivity contribution in [1.82, 2.24) is 10.3 Å². The second-order valence-electron chi connectivity index (χ2n) is 3.76. The second-order valence-corrected chi connectivity index (χ2v) is 3.76. The molecule has 0 radical (unpaired) electrons. The summed E-state index contributed by atoms with van der Waals surface area (Å²) in [4.78, 5) is 25.0. The normalized spacial score (nSPS) is 12.0. The Kier molecular flexibility index (Phi) is 5.06. The lowest BCUT2D eigenvalue weighted by Gasteiger charge is -2.13. The summed E-state index contributed by atoms with van der Waals surface area (Å²) < 4.78 is 0. The molecule has 0 fully saturated rings. The van der Waals surface area contributed by atoms with Crippen LogP contribution in [0.15, 0.2) is 18.5 Å². The third kappa shape index (κ3) is 4.79. The smallest absolute Gasteiger partial charge is 0.320 e. The lowest BCUT2D eigenvalue weighted by Crippen LogP contribution is -2.36. The van der Waals surface area contributed by atoms with Gasteiger partial charge in [-0.25, -0.2) is 0 Å². The van der Waals surface area contributed by atoms with Gasteiger partial charge in [-0.3, -0.25) is 14.6 Å². The number of aromatic hydroxyl groups is 1. The van der Waals surface area contributed by atoms with Crippen LogP contribution in [-0.4, -0.2) is 38.3 Å². The molecule has 1 aromatic rings. The van der Waals surface area contributed by atoms with Crippen LogP contribution in [0.4, 0.5) is 0 Å². The van der Waals surface area contributed by atoms with E-state index < -0.39 is 18.0 Å². The number of hydrogen-bond donors (Lipinski definition) is 4. The van der Waals surface area contributed by atoms with E-state index in [4.69, 9.17) is 10.2 Å². The van der Waals surface area contributed by atoms with Crippen molar-refractivity contribution in [2.75, 3.05) is 0 Å². The first-order chi connectivity index (χ1) is 8.49. The molecule has 98 valence electrons. The minimum absolute atomic E-state index is 0.00306. The topological polar surface area (TPSA) is 120 Å². The highest BCUT2D eigenvalue weighted by Gasteiger charge is 2.17. The molecule has 1 rings (SSSR count). The van der Waals surface area contributed by atoms with Gasteiger partial charge < -0.3 is 20.6 Å². The fourth-order valence-corrected chi connectivity index (χ4v) is 1.39. The Bertz CT molecular complexity index is 435. The lowest BCUT2D eigenvalue weighted by atomic mass is 10.1. The number of rotatable bonds is 7. The van der Waals surface area contributed by atoms with Crippen molar-refractivity contribution in [1.29, 1.82) is 0 Å². The SMILES string of the molecule is O=C(O)CC[C@H](NCc1cncc(O)c1)C(=O)O. The number of carboxylic acid groups (broad SMARTS) is 2. The van der Waals surface area contributed by atoms with Crippen molar-refractivity contribution < 1.29 is 24.9 Å². The van der Waals surface area contributed by atoms with E-state index >= 15 is 0 Å². The minimum Gasteiger partial charge on any atom is -0.506 e. The minimum atomic E-state index is -1.11. The van der Waals surface area contributed by atoms with Crippen molar-refractivity contribution in [2.24, 2.45) is 0 Å². The van der Waals surface area contributed by atoms with E-state index in [1.807, 2.05) is 0 Å². The summed E-state index contributed by atoms with van der Waals surface area (Å²) in [5, 5.41) is 29.3. The number of nitrogens with zero attached hydrogens (tertiary/aromatic N) is 1. The molecule has 7 heteroatoms. The fraction of sp³-hybridized carbons (Fsp3) is 0.364. The van der Waals surface area contributed by atoms with Crippen LogP contribution in [0, 0.1) is 0 Å². The molecule has 0 aliphatic heterocycles. The van der Waals surface area contributed by atoms with Gasteiger partial charge in [-0.2, -0.15) is 0 Å². The standard InChI is InChI=1S/C11H14N2O5/c14-8-3-7(4-12-6-8)5-13-9(11(17)18)1-2-10(15)16/h3-4,6,9,13-14H,1-2,5H2,(H,15,16)(H,17,18)/t9-/m0/s1. The van der Waals surface area contributed by atoms with Crippen molar-refractivity contribution in [3.63, 3.8) is 0 Å². The number of hydrogen-bond acceptors (Lipinski definition) is 5. The predicted molar refractivity (Wildman–Crippen MR) is 61.0 cm³/mol. The van der Waals surface area contributed by atoms with Crippen LogP contribution in [0.1, 0.15) is 18.4 Å². The number of carboxylic acids is 2. The number of aromatic nitrogens is 1. The van der Waals surface area contributed by atoms with E-state index in [9.17, 15) is 14.7 Å². The number of nitrogens with one attached hydrogen (secondary N) is 1. The quantitative estimate of drug-likeness (QED) is 0.548. The summed E-state index contributed by atoms with van der Waals surface area (Å²) in [6.07, 6.45) is 2.53. The monoisotopic (exact) mass is 254 g/mol. The van der Waals surface area contributed by atoms with Crippen LogP contribution in [0.5, 0.6) is 5.75 Å². The van der Waals surface area contributed by atoms with Gasteiger partial charge in [0.05, 0.1) is 6.20 Å². The van der Waals surface area contributed by atoms with Crippen molar-refractivity contribution >= 4 is 11.9 Å². The van der Waals surface area contributed by atoms with Crippen molar-refractivity contribution in [3.8, 4) is 5.75 Å². The molecule has 0 aliphatic carbocycles. The summed E-state index contributed by atoms with van der Waals surface area (Å²) in [5.74, 6) is -2.15. The van der Waals surface area contributed by atoms with Crippen LogP contribution in [0.25, 0.3) is 0 Å². The Labute approximate surface area is 103 Å². The maximum atomic E-state index is 10.9. The first-order valence-electron chi connectivity index (χ1n) is 5.30. The molecule has 18 heavy (non-hydrogen) atoms. The zero-order valence-electron chi connectivity index (χ0n) is 9.54. The first kappa shape index (κ1) is 13.9. The third-order valence-corrected chi connectivity index (χ3v) is 2.28. The van der Waals surface area contributed by atoms with Crippen LogP contribution in [0.3, 0.4) is 0 Å². The highest BCUT2D eigenvalue weighted by Crippen LogP contribution is 2.09. The molecule has 4 N–H and O–H groups in total. The van der Waals surface area contributed by atoms with E-state index in [0.717, 1.165) is 0 Å². The molecule has 0 amide bonds. The van der Waals surface area contributed by atoms with Gasteiger partial charge in [0.15, 0.2) is 0 Å². The molecular formula is C11H14N2O5. The van der Waals surface area contributed by atoms with Gasteiger partial charge in [0.1, 0.15) is 11.8 Å². The zero-order chi connectivity index (χ0) is 13.5. The Morgan fingerprint density at radius 1 is 1.33 bits per heavy atom. The van der Waals surface area contributed by atoms with Crippen LogP contribution in [0.2, 0.25) is 0 Å². The average Bonchev–Trinajstić information content (AvgIpc) is 2.28. The summed E-state index contributed by atoms with van der Waals surface area (Å²) in [6.45, 7) is 0.192. The van der Waals surface area contributed by atoms with Gasteiger partial charge in [-0.1, -0.05) is 0 Å². The highest BCUT2D eigenvalue weighted by atomic mass is 16.4. The molecule has 0 aromatic carbocycles. The Morgan fingerprint density at radius 3 is 2.61 bits per heavy atom. The molecule has 0 spiro atoms. The highest BCUT2D eigenvalue weighted by molar-refractivity contribution is 5.75. The van der Waals surface area contributed by atoms with E-state index in [0.29, 0.717) is 5.56 Å². The van der Waals surface area contributed by atoms with Crippen LogP contribution >= 0.6 is 0 Å². The Hall–Kier alpha value is -2.15. The van der Waals surface area contributed by atoms with Crippen LogP contribution < -0.4 is 5.32 Å². The average molecular weight is 254 g/mol. The van der Waals surface area contributed by atoms with Gasteiger partial charge in [0.2, 0.25) is 0 Å². The Morgan fingerprint density at radius 2 is 2.06 bits per heavy atom. The third-order valence-electron chi connectivity index (χ3n) is 2.28. The van der Waals surface area contributed by atoms with E-state index in [2.05, 4.69) is 10.3 Å². The number of carbonyl (C=O) groups is 2. The zero-order valence-corrected chi connectivity index (χ0v) is 9.54. The molecule has 7 nitrogen and oxygen atoms in total. The number of aliphatic carboxylic acids is 2. The molecule has 0 bridgehead atoms. The van der Waals surface area contributed by atoms with E-state index in [1.54, 1.807) is 0 Å².